The molecule has 1 amide bonds. The maximum Gasteiger partial charge on any atom is 0.227 e. The van der Waals surface area contributed by atoms with Crippen LogP contribution in [0.15, 0.2) is 48.5 Å². The van der Waals surface area contributed by atoms with Gasteiger partial charge >= 0.3 is 0 Å². The second-order valence-corrected chi connectivity index (χ2v) is 14.6. The Kier molecular flexibility index (Phi) is 7.55. The largest absolute Gasteiger partial charge is 0.342 e. The Balaban J connectivity index is 1.20. The topological polar surface area (TPSA) is 41.4 Å². The molecule has 2 unspecified atom stereocenters. The molecule has 3 aliphatic rings. The highest BCUT2D eigenvalue weighted by atomic mass is 16.2. The number of carbonyl (C=O) groups is 1. The molecule has 0 aliphatic carbocycles. The molecule has 3 fully saturated rings. The first-order valence-electron chi connectivity index (χ1n) is 16.1. The molecule has 0 radical (unpaired) electrons. The quantitative estimate of drug-likeness (QED) is 0.315. The Morgan fingerprint density at radius 2 is 1.59 bits per heavy atom. The summed E-state index contributed by atoms with van der Waals surface area (Å²) in [5.41, 5.74) is 5.13. The summed E-state index contributed by atoms with van der Waals surface area (Å²) in [5.74, 6) is 1.99. The van der Waals surface area contributed by atoms with Gasteiger partial charge in [0.15, 0.2) is 0 Å². The lowest BCUT2D eigenvalue weighted by Gasteiger charge is -2.46. The SMILES string of the molecule is Cc1nc2ccccc2n1C1CC2CC[C@H](C1)N2CCC1(c2ccc(C(C)C)cc2)CCN(C(=O)C(C)(C)C)CC1. The zero-order valence-corrected chi connectivity index (χ0v) is 26.2. The lowest BCUT2D eigenvalue weighted by atomic mass is 9.69. The maximum atomic E-state index is 13.1. The molecule has 3 saturated heterocycles. The van der Waals surface area contributed by atoms with Crippen molar-refractivity contribution in [1.82, 2.24) is 19.4 Å². The molecular weight excluding hydrogens is 504 g/mol. The summed E-state index contributed by atoms with van der Waals surface area (Å²) in [6.45, 7) is 15.8. The van der Waals surface area contributed by atoms with Crippen LogP contribution >= 0.6 is 0 Å². The number of hydrogen-bond donors (Lipinski definition) is 0. The van der Waals surface area contributed by atoms with Crippen molar-refractivity contribution in [2.45, 2.75) is 116 Å². The zero-order chi connectivity index (χ0) is 28.9. The third-order valence-electron chi connectivity index (χ3n) is 10.7. The lowest BCUT2D eigenvalue weighted by molar-refractivity contribution is -0.141. The number of piperidine rings is 2. The Morgan fingerprint density at radius 1 is 0.951 bits per heavy atom. The minimum atomic E-state index is -0.318. The van der Waals surface area contributed by atoms with Gasteiger partial charge in [0, 0.05) is 36.6 Å². The van der Waals surface area contributed by atoms with Gasteiger partial charge in [0.25, 0.3) is 0 Å². The predicted molar refractivity (Wildman–Crippen MR) is 168 cm³/mol. The number of hydrogen-bond acceptors (Lipinski definition) is 3. The average molecular weight is 555 g/mol. The number of fused-ring (bicyclic) bond motifs is 3. The third kappa shape index (κ3) is 5.35. The van der Waals surface area contributed by atoms with Gasteiger partial charge in [-0.3, -0.25) is 9.69 Å². The number of benzene rings is 2. The first-order valence-corrected chi connectivity index (χ1v) is 16.1. The molecule has 5 nitrogen and oxygen atoms in total. The Morgan fingerprint density at radius 3 is 2.20 bits per heavy atom. The number of rotatable bonds is 6. The number of para-hydroxylation sites is 2. The molecule has 0 saturated carbocycles. The van der Waals surface area contributed by atoms with Gasteiger partial charge in [0.05, 0.1) is 11.0 Å². The normalized spacial score (nSPS) is 24.9. The second kappa shape index (κ2) is 10.9. The number of aryl methyl sites for hydroxylation is 1. The summed E-state index contributed by atoms with van der Waals surface area (Å²) in [7, 11) is 0. The number of carbonyl (C=O) groups excluding carboxylic acids is 1. The summed E-state index contributed by atoms with van der Waals surface area (Å²) in [6, 6.07) is 20.0. The second-order valence-electron chi connectivity index (χ2n) is 14.6. The van der Waals surface area contributed by atoms with E-state index in [4.69, 9.17) is 4.98 Å². The molecule has 2 aromatic carbocycles. The zero-order valence-electron chi connectivity index (χ0n) is 26.2. The molecule has 3 atom stereocenters. The maximum absolute atomic E-state index is 13.1. The molecule has 6 rings (SSSR count). The van der Waals surface area contributed by atoms with E-state index in [9.17, 15) is 4.79 Å². The Bertz CT molecular complexity index is 1360. The number of likely N-dealkylation sites (tertiary alicyclic amines) is 1. The van der Waals surface area contributed by atoms with Crippen LogP contribution in [0.3, 0.4) is 0 Å². The molecule has 0 N–H and O–H groups in total. The molecule has 3 aliphatic heterocycles. The minimum absolute atomic E-state index is 0.137. The van der Waals surface area contributed by atoms with Crippen LogP contribution in [0.2, 0.25) is 0 Å². The highest BCUT2D eigenvalue weighted by molar-refractivity contribution is 5.81. The van der Waals surface area contributed by atoms with Gasteiger partial charge in [-0.15, -0.1) is 0 Å². The van der Waals surface area contributed by atoms with Crippen LogP contribution < -0.4 is 0 Å². The molecule has 5 heteroatoms. The number of amides is 1. The fourth-order valence-electron chi connectivity index (χ4n) is 8.31. The van der Waals surface area contributed by atoms with E-state index in [1.165, 1.54) is 48.7 Å². The summed E-state index contributed by atoms with van der Waals surface area (Å²) in [4.78, 5) is 23.0. The van der Waals surface area contributed by atoms with E-state index in [1.54, 1.807) is 0 Å². The van der Waals surface area contributed by atoms with Crippen LogP contribution in [-0.2, 0) is 10.2 Å². The smallest absolute Gasteiger partial charge is 0.227 e. The predicted octanol–water partition coefficient (Wildman–Crippen LogP) is 7.63. The average Bonchev–Trinajstić information content (AvgIpc) is 3.41. The van der Waals surface area contributed by atoms with E-state index in [-0.39, 0.29) is 10.8 Å². The molecule has 1 aromatic heterocycles. The molecule has 4 heterocycles. The van der Waals surface area contributed by atoms with Crippen LogP contribution in [0.5, 0.6) is 0 Å². The molecule has 220 valence electrons. The van der Waals surface area contributed by atoms with Gasteiger partial charge in [-0.05, 0) is 93.0 Å². The van der Waals surface area contributed by atoms with Crippen LogP contribution in [0.25, 0.3) is 11.0 Å². The van der Waals surface area contributed by atoms with Crippen LogP contribution in [0.4, 0.5) is 0 Å². The van der Waals surface area contributed by atoms with Gasteiger partial charge in [0.1, 0.15) is 5.82 Å². The lowest BCUT2D eigenvalue weighted by Crippen LogP contribution is -2.50. The first-order chi connectivity index (χ1) is 19.6. The van der Waals surface area contributed by atoms with E-state index in [2.05, 4.69) is 104 Å². The first kappa shape index (κ1) is 28.5. The van der Waals surface area contributed by atoms with Crippen molar-refractivity contribution in [3.63, 3.8) is 0 Å². The van der Waals surface area contributed by atoms with E-state index in [1.807, 2.05) is 0 Å². The van der Waals surface area contributed by atoms with E-state index < -0.39 is 0 Å². The van der Waals surface area contributed by atoms with Crippen molar-refractivity contribution in [2.75, 3.05) is 19.6 Å². The highest BCUT2D eigenvalue weighted by Gasteiger charge is 2.44. The van der Waals surface area contributed by atoms with Crippen molar-refractivity contribution in [3.8, 4) is 0 Å². The van der Waals surface area contributed by atoms with Crippen molar-refractivity contribution in [1.29, 1.82) is 0 Å². The summed E-state index contributed by atoms with van der Waals surface area (Å²) in [6.07, 6.45) is 8.37. The molecule has 0 spiro atoms. The minimum Gasteiger partial charge on any atom is -0.342 e. The Hall–Kier alpha value is -2.66. The molecule has 3 aromatic rings. The molecule has 2 bridgehead atoms. The van der Waals surface area contributed by atoms with Gasteiger partial charge in [-0.2, -0.15) is 0 Å². The van der Waals surface area contributed by atoms with E-state index >= 15 is 0 Å². The number of nitrogens with zero attached hydrogens (tertiary/aromatic N) is 4. The Labute approximate surface area is 247 Å². The van der Waals surface area contributed by atoms with Gasteiger partial charge in [-0.1, -0.05) is 71.0 Å². The highest BCUT2D eigenvalue weighted by Crippen LogP contribution is 2.45. The standard InChI is InChI=1S/C36H50N4O/c1-25(2)27-11-13-28(14-12-27)36(17-20-38(21-18-36)34(41)35(4,5)6)19-22-39-29-15-16-30(39)24-31(23-29)40-26(3)37-32-9-7-8-10-33(32)40/h7-14,25,29-31H,15-24H2,1-6H3/t29-,30?,31?/m1/s1. The van der Waals surface area contributed by atoms with Gasteiger partial charge < -0.3 is 9.47 Å². The van der Waals surface area contributed by atoms with E-state index in [0.717, 1.165) is 43.8 Å². The monoisotopic (exact) mass is 554 g/mol. The van der Waals surface area contributed by atoms with Crippen molar-refractivity contribution in [2.24, 2.45) is 5.41 Å². The van der Waals surface area contributed by atoms with Crippen molar-refractivity contribution in [3.05, 3.63) is 65.5 Å². The van der Waals surface area contributed by atoms with Crippen LogP contribution in [-0.4, -0.2) is 57.0 Å². The molecule has 41 heavy (non-hydrogen) atoms. The fraction of sp³-hybridized carbons (Fsp3) is 0.611. The molecular formula is C36H50N4O. The van der Waals surface area contributed by atoms with Crippen molar-refractivity contribution >= 4 is 16.9 Å². The van der Waals surface area contributed by atoms with Crippen LogP contribution in [0.1, 0.15) is 108 Å². The summed E-state index contributed by atoms with van der Waals surface area (Å²) >= 11 is 0. The number of aromatic nitrogens is 2. The number of imidazole rings is 1. The third-order valence-corrected chi connectivity index (χ3v) is 10.7. The van der Waals surface area contributed by atoms with Crippen LogP contribution in [0, 0.1) is 12.3 Å². The van der Waals surface area contributed by atoms with Gasteiger partial charge in [-0.25, -0.2) is 4.98 Å². The van der Waals surface area contributed by atoms with E-state index in [0.29, 0.717) is 30.0 Å². The van der Waals surface area contributed by atoms with Gasteiger partial charge in [0.2, 0.25) is 5.91 Å². The van der Waals surface area contributed by atoms with Crippen molar-refractivity contribution < 1.29 is 4.79 Å². The fourth-order valence-corrected chi connectivity index (χ4v) is 8.31. The summed E-state index contributed by atoms with van der Waals surface area (Å²) in [5, 5.41) is 0. The summed E-state index contributed by atoms with van der Waals surface area (Å²) < 4.78 is 2.54.